The number of benzene rings is 1. The van der Waals surface area contributed by atoms with Crippen molar-refractivity contribution in [2.45, 2.75) is 6.92 Å². The number of carbonyl (C=O) groups excluding carboxylic acids is 1. The van der Waals surface area contributed by atoms with E-state index in [1.807, 2.05) is 51.9 Å². The van der Waals surface area contributed by atoms with Crippen molar-refractivity contribution >= 4 is 46.5 Å². The van der Waals surface area contributed by atoms with Crippen molar-refractivity contribution in [1.29, 1.82) is 0 Å². The van der Waals surface area contributed by atoms with Gasteiger partial charge in [0.2, 0.25) is 5.91 Å². The van der Waals surface area contributed by atoms with E-state index in [1.165, 1.54) is 5.56 Å². The van der Waals surface area contributed by atoms with Crippen LogP contribution < -0.4 is 4.90 Å². The molecule has 3 aromatic rings. The van der Waals surface area contributed by atoms with Gasteiger partial charge in [0.15, 0.2) is 5.15 Å². The van der Waals surface area contributed by atoms with Gasteiger partial charge in [-0.25, -0.2) is 4.98 Å². The Morgan fingerprint density at radius 3 is 2.68 bits per heavy atom. The largest absolute Gasteiger partial charge is 0.368 e. The number of halogens is 2. The Kier molecular flexibility index (Phi) is 5.29. The standard InChI is InChI=1S/C21H20Cl2N4O/c1-15-5-6-16(22)14-18(15)25-10-12-26(13-11-25)20(28)8-7-17-21(23)24-19-4-2-3-9-27(17)19/h2-9,14H,10-13H2,1H3/b8-7+. The van der Waals surface area contributed by atoms with Crippen LogP contribution in [-0.4, -0.2) is 46.4 Å². The van der Waals surface area contributed by atoms with Gasteiger partial charge in [-0.05, 0) is 42.8 Å². The first-order chi connectivity index (χ1) is 13.5. The summed E-state index contributed by atoms with van der Waals surface area (Å²) < 4.78 is 1.87. The molecule has 2 aromatic heterocycles. The quantitative estimate of drug-likeness (QED) is 0.599. The van der Waals surface area contributed by atoms with E-state index in [-0.39, 0.29) is 5.91 Å². The van der Waals surface area contributed by atoms with E-state index in [0.29, 0.717) is 23.9 Å². The molecular formula is C21H20Cl2N4O. The highest BCUT2D eigenvalue weighted by Gasteiger charge is 2.21. The van der Waals surface area contributed by atoms with Crippen LogP contribution in [0.15, 0.2) is 48.7 Å². The zero-order chi connectivity index (χ0) is 19.7. The first-order valence-corrected chi connectivity index (χ1v) is 9.89. The van der Waals surface area contributed by atoms with Gasteiger partial charge in [0.1, 0.15) is 5.65 Å². The van der Waals surface area contributed by atoms with Crippen LogP contribution >= 0.6 is 23.2 Å². The lowest BCUT2D eigenvalue weighted by molar-refractivity contribution is -0.126. The lowest BCUT2D eigenvalue weighted by Gasteiger charge is -2.36. The highest BCUT2D eigenvalue weighted by Crippen LogP contribution is 2.25. The third-order valence-electron chi connectivity index (χ3n) is 5.01. The highest BCUT2D eigenvalue weighted by molar-refractivity contribution is 6.31. The van der Waals surface area contributed by atoms with Crippen molar-refractivity contribution in [3.8, 4) is 0 Å². The molecular weight excluding hydrogens is 395 g/mol. The first-order valence-electron chi connectivity index (χ1n) is 9.13. The number of carbonyl (C=O) groups is 1. The summed E-state index contributed by atoms with van der Waals surface area (Å²) >= 11 is 12.4. The molecule has 4 rings (SSSR count). The zero-order valence-corrected chi connectivity index (χ0v) is 17.0. The molecule has 5 nitrogen and oxygen atoms in total. The van der Waals surface area contributed by atoms with E-state index in [1.54, 1.807) is 12.2 Å². The second-order valence-corrected chi connectivity index (χ2v) is 7.59. The zero-order valence-electron chi connectivity index (χ0n) is 15.5. The molecule has 0 unspecified atom stereocenters. The van der Waals surface area contributed by atoms with E-state index in [4.69, 9.17) is 23.2 Å². The number of fused-ring (bicyclic) bond motifs is 1. The van der Waals surface area contributed by atoms with Crippen LogP contribution in [0.1, 0.15) is 11.3 Å². The summed E-state index contributed by atoms with van der Waals surface area (Å²) in [5.74, 6) is -0.0237. The van der Waals surface area contributed by atoms with Gasteiger partial charge in [0.05, 0.1) is 5.69 Å². The van der Waals surface area contributed by atoms with Crippen LogP contribution in [-0.2, 0) is 4.79 Å². The van der Waals surface area contributed by atoms with Crippen molar-refractivity contribution in [2.75, 3.05) is 31.1 Å². The summed E-state index contributed by atoms with van der Waals surface area (Å²) in [6.45, 7) is 4.95. The number of hydrogen-bond acceptors (Lipinski definition) is 3. The topological polar surface area (TPSA) is 40.8 Å². The molecule has 0 N–H and O–H groups in total. The van der Waals surface area contributed by atoms with E-state index >= 15 is 0 Å². The first kappa shape index (κ1) is 18.8. The minimum absolute atomic E-state index is 0.0237. The Morgan fingerprint density at radius 1 is 1.11 bits per heavy atom. The summed E-state index contributed by atoms with van der Waals surface area (Å²) in [5.41, 5.74) is 3.78. The van der Waals surface area contributed by atoms with Crippen LogP contribution in [0, 0.1) is 6.92 Å². The van der Waals surface area contributed by atoms with Crippen LogP contribution in [0.4, 0.5) is 5.69 Å². The summed E-state index contributed by atoms with van der Waals surface area (Å²) in [4.78, 5) is 21.1. The normalized spacial score (nSPS) is 15.0. The molecule has 0 atom stereocenters. The molecule has 1 aliphatic rings. The lowest BCUT2D eigenvalue weighted by atomic mass is 10.1. The predicted octanol–water partition coefficient (Wildman–Crippen LogP) is 4.31. The van der Waals surface area contributed by atoms with Crippen LogP contribution in [0.5, 0.6) is 0 Å². The number of aromatic nitrogens is 2. The van der Waals surface area contributed by atoms with Crippen molar-refractivity contribution in [2.24, 2.45) is 0 Å². The molecule has 0 spiro atoms. The summed E-state index contributed by atoms with van der Waals surface area (Å²) in [6, 6.07) is 11.6. The number of rotatable bonds is 3. The molecule has 7 heteroatoms. The molecule has 1 saturated heterocycles. The van der Waals surface area contributed by atoms with Crippen molar-refractivity contribution in [1.82, 2.24) is 14.3 Å². The molecule has 28 heavy (non-hydrogen) atoms. The third-order valence-corrected chi connectivity index (χ3v) is 5.52. The van der Waals surface area contributed by atoms with Crippen molar-refractivity contribution in [3.63, 3.8) is 0 Å². The molecule has 0 saturated carbocycles. The third kappa shape index (κ3) is 3.73. The van der Waals surface area contributed by atoms with Gasteiger partial charge in [-0.1, -0.05) is 35.3 Å². The van der Waals surface area contributed by atoms with Gasteiger partial charge in [0, 0.05) is 49.2 Å². The average Bonchev–Trinajstić information content (AvgIpc) is 3.03. The minimum atomic E-state index is -0.0237. The second kappa shape index (κ2) is 7.86. The summed E-state index contributed by atoms with van der Waals surface area (Å²) in [6.07, 6.45) is 5.19. The maximum Gasteiger partial charge on any atom is 0.246 e. The van der Waals surface area contributed by atoms with Gasteiger partial charge in [-0.2, -0.15) is 0 Å². The van der Waals surface area contributed by atoms with E-state index in [0.717, 1.165) is 29.4 Å². The van der Waals surface area contributed by atoms with Gasteiger partial charge in [-0.15, -0.1) is 0 Å². The van der Waals surface area contributed by atoms with Crippen LogP contribution in [0.2, 0.25) is 10.2 Å². The van der Waals surface area contributed by atoms with Gasteiger partial charge >= 0.3 is 0 Å². The number of amides is 1. The number of aryl methyl sites for hydroxylation is 1. The Hall–Kier alpha value is -2.50. The summed E-state index contributed by atoms with van der Waals surface area (Å²) in [5, 5.41) is 1.11. The fraction of sp³-hybridized carbons (Fsp3) is 0.238. The number of hydrogen-bond donors (Lipinski definition) is 0. The van der Waals surface area contributed by atoms with Crippen LogP contribution in [0.3, 0.4) is 0 Å². The molecule has 0 bridgehead atoms. The molecule has 3 heterocycles. The number of pyridine rings is 1. The monoisotopic (exact) mass is 414 g/mol. The average molecular weight is 415 g/mol. The minimum Gasteiger partial charge on any atom is -0.368 e. The number of anilines is 1. The second-order valence-electron chi connectivity index (χ2n) is 6.79. The van der Waals surface area contributed by atoms with Gasteiger partial charge in [-0.3, -0.25) is 9.20 Å². The molecule has 0 aliphatic carbocycles. The van der Waals surface area contributed by atoms with Crippen LogP contribution in [0.25, 0.3) is 11.7 Å². The Labute approximate surface area is 173 Å². The smallest absolute Gasteiger partial charge is 0.246 e. The predicted molar refractivity (Wildman–Crippen MR) is 114 cm³/mol. The Bertz CT molecular complexity index is 1050. The number of piperazine rings is 1. The maximum absolute atomic E-state index is 12.6. The Morgan fingerprint density at radius 2 is 1.89 bits per heavy atom. The fourth-order valence-electron chi connectivity index (χ4n) is 3.48. The van der Waals surface area contributed by atoms with E-state index in [2.05, 4.69) is 16.8 Å². The number of nitrogens with zero attached hydrogens (tertiary/aromatic N) is 4. The van der Waals surface area contributed by atoms with Gasteiger partial charge in [0.25, 0.3) is 0 Å². The SMILES string of the molecule is Cc1ccc(Cl)cc1N1CCN(C(=O)/C=C/c2c(Cl)nc3ccccn23)CC1. The Balaban J connectivity index is 1.43. The molecule has 1 fully saturated rings. The van der Waals surface area contributed by atoms with E-state index < -0.39 is 0 Å². The van der Waals surface area contributed by atoms with Gasteiger partial charge < -0.3 is 9.80 Å². The maximum atomic E-state index is 12.6. The fourth-order valence-corrected chi connectivity index (χ4v) is 3.89. The number of imidazole rings is 1. The van der Waals surface area contributed by atoms with E-state index in [9.17, 15) is 4.79 Å². The highest BCUT2D eigenvalue weighted by atomic mass is 35.5. The molecule has 0 radical (unpaired) electrons. The molecule has 1 aromatic carbocycles. The molecule has 1 aliphatic heterocycles. The van der Waals surface area contributed by atoms with Crippen molar-refractivity contribution in [3.05, 3.63) is 70.1 Å². The summed E-state index contributed by atoms with van der Waals surface area (Å²) in [7, 11) is 0. The molecule has 144 valence electrons. The lowest BCUT2D eigenvalue weighted by Crippen LogP contribution is -2.48. The molecule has 1 amide bonds. The van der Waals surface area contributed by atoms with Crippen molar-refractivity contribution < 1.29 is 4.79 Å².